The van der Waals surface area contributed by atoms with E-state index in [0.717, 1.165) is 28.3 Å². The van der Waals surface area contributed by atoms with E-state index in [1.165, 1.54) is 32.4 Å². The van der Waals surface area contributed by atoms with Crippen molar-refractivity contribution in [2.45, 2.75) is 26.2 Å². The number of hydrogen-bond acceptors (Lipinski definition) is 2. The molecule has 1 fully saturated rings. The lowest BCUT2D eigenvalue weighted by Gasteiger charge is -2.20. The molecule has 23 heavy (non-hydrogen) atoms. The van der Waals surface area contributed by atoms with Crippen LogP contribution in [0, 0.1) is 5.92 Å². The van der Waals surface area contributed by atoms with Gasteiger partial charge in [0.25, 0.3) is 0 Å². The summed E-state index contributed by atoms with van der Waals surface area (Å²) in [6.07, 6.45) is 4.18. The number of hydrogen-bond donors (Lipinski definition) is 2. The molecule has 3 N–H and O–H groups in total. The maximum absolute atomic E-state index is 5.90. The van der Waals surface area contributed by atoms with Gasteiger partial charge in [-0.25, -0.2) is 0 Å². The average molecular weight is 308 g/mol. The zero-order valence-corrected chi connectivity index (χ0v) is 14.1. The summed E-state index contributed by atoms with van der Waals surface area (Å²) in [6, 6.07) is 17.8. The molecular weight excluding hydrogens is 280 g/mol. The summed E-state index contributed by atoms with van der Waals surface area (Å²) < 4.78 is 0. The molecule has 2 aromatic carbocycles. The van der Waals surface area contributed by atoms with Gasteiger partial charge in [0.15, 0.2) is 0 Å². The van der Waals surface area contributed by atoms with Gasteiger partial charge in [-0.1, -0.05) is 68.5 Å². The third-order valence-electron chi connectivity index (χ3n) is 4.44. The van der Waals surface area contributed by atoms with Crippen LogP contribution in [0.5, 0.6) is 0 Å². The Morgan fingerprint density at radius 2 is 1.65 bits per heavy atom. The highest BCUT2D eigenvalue weighted by Crippen LogP contribution is 2.25. The summed E-state index contributed by atoms with van der Waals surface area (Å²) >= 11 is 0. The highest BCUT2D eigenvalue weighted by molar-refractivity contribution is 5.83. The number of nitrogen functional groups attached to an aromatic ring is 1. The number of rotatable bonds is 3. The first kappa shape index (κ1) is 17.3. The zero-order valence-electron chi connectivity index (χ0n) is 14.1. The van der Waals surface area contributed by atoms with E-state index in [0.29, 0.717) is 0 Å². The summed E-state index contributed by atoms with van der Waals surface area (Å²) in [7, 11) is 0. The van der Waals surface area contributed by atoms with Crippen molar-refractivity contribution >= 4 is 11.3 Å². The Morgan fingerprint density at radius 1 is 1.04 bits per heavy atom. The van der Waals surface area contributed by atoms with Crippen molar-refractivity contribution in [3.63, 3.8) is 0 Å². The zero-order chi connectivity index (χ0) is 16.5. The van der Waals surface area contributed by atoms with Gasteiger partial charge in [0, 0.05) is 11.3 Å². The molecule has 2 aromatic rings. The van der Waals surface area contributed by atoms with Crippen molar-refractivity contribution in [3.8, 4) is 0 Å². The third kappa shape index (κ3) is 5.26. The molecule has 2 heteroatoms. The summed E-state index contributed by atoms with van der Waals surface area (Å²) in [5.74, 6) is 1.02. The largest absolute Gasteiger partial charge is 0.398 e. The van der Waals surface area contributed by atoms with Crippen LogP contribution in [-0.2, 0) is 0 Å². The van der Waals surface area contributed by atoms with E-state index in [1.54, 1.807) is 0 Å². The number of nitrogens with two attached hydrogens (primary N) is 1. The van der Waals surface area contributed by atoms with Crippen molar-refractivity contribution < 1.29 is 0 Å². The van der Waals surface area contributed by atoms with Crippen LogP contribution in [0.1, 0.15) is 37.3 Å². The molecule has 0 amide bonds. The van der Waals surface area contributed by atoms with Crippen molar-refractivity contribution in [2.24, 2.45) is 5.92 Å². The fourth-order valence-corrected chi connectivity index (χ4v) is 2.86. The number of nitrogens with one attached hydrogen (secondary N) is 1. The second-order valence-corrected chi connectivity index (χ2v) is 6.03. The Morgan fingerprint density at radius 3 is 2.22 bits per heavy atom. The maximum Gasteiger partial charge on any atom is 0.0393 e. The third-order valence-corrected chi connectivity index (χ3v) is 4.44. The van der Waals surface area contributed by atoms with E-state index in [-0.39, 0.29) is 0 Å². The second-order valence-electron chi connectivity index (χ2n) is 6.03. The van der Waals surface area contributed by atoms with Gasteiger partial charge in [-0.15, -0.1) is 0 Å². The minimum Gasteiger partial charge on any atom is -0.398 e. The monoisotopic (exact) mass is 308 g/mol. The van der Waals surface area contributed by atoms with E-state index < -0.39 is 0 Å². The SMILES string of the molecule is C=C(c1ccccc1)c1ccccc1N.CCC1CCNCC1. The molecule has 0 saturated carbocycles. The Hall–Kier alpha value is -2.06. The van der Waals surface area contributed by atoms with Crippen LogP contribution in [0.15, 0.2) is 61.2 Å². The molecule has 0 atom stereocenters. The van der Waals surface area contributed by atoms with E-state index in [9.17, 15) is 0 Å². The first-order valence-corrected chi connectivity index (χ1v) is 8.52. The van der Waals surface area contributed by atoms with Crippen LogP contribution in [0.4, 0.5) is 5.69 Å². The van der Waals surface area contributed by atoms with E-state index in [1.807, 2.05) is 54.6 Å². The topological polar surface area (TPSA) is 38.0 Å². The Kier molecular flexibility index (Phi) is 6.89. The van der Waals surface area contributed by atoms with Gasteiger partial charge < -0.3 is 11.1 Å². The minimum atomic E-state index is 0.770. The van der Waals surface area contributed by atoms with Gasteiger partial charge in [0.05, 0.1) is 0 Å². The molecule has 0 spiro atoms. The highest BCUT2D eigenvalue weighted by Gasteiger charge is 2.09. The smallest absolute Gasteiger partial charge is 0.0393 e. The summed E-state index contributed by atoms with van der Waals surface area (Å²) in [6.45, 7) is 8.86. The lowest BCUT2D eigenvalue weighted by atomic mass is 9.96. The van der Waals surface area contributed by atoms with Gasteiger partial charge in [-0.05, 0) is 49.1 Å². The van der Waals surface area contributed by atoms with Gasteiger partial charge in [-0.2, -0.15) is 0 Å². The number of para-hydroxylation sites is 1. The average Bonchev–Trinajstić information content (AvgIpc) is 2.63. The molecule has 3 rings (SSSR count). The Balaban J connectivity index is 0.000000203. The van der Waals surface area contributed by atoms with Crippen molar-refractivity contribution in [2.75, 3.05) is 18.8 Å². The lowest BCUT2D eigenvalue weighted by molar-refractivity contribution is 0.365. The standard InChI is InChI=1S/C14H13N.C7H15N/c1-11(12-7-3-2-4-8-12)13-9-5-6-10-14(13)15;1-2-7-3-5-8-6-4-7/h2-10H,1,15H2;7-8H,2-6H2,1H3. The first-order valence-electron chi connectivity index (χ1n) is 8.52. The Labute approximate surface area is 140 Å². The molecule has 1 heterocycles. The maximum atomic E-state index is 5.90. The summed E-state index contributed by atoms with van der Waals surface area (Å²) in [4.78, 5) is 0. The van der Waals surface area contributed by atoms with Crippen LogP contribution in [-0.4, -0.2) is 13.1 Å². The van der Waals surface area contributed by atoms with Crippen molar-refractivity contribution in [1.29, 1.82) is 0 Å². The number of anilines is 1. The first-order chi connectivity index (χ1) is 11.2. The lowest BCUT2D eigenvalue weighted by Crippen LogP contribution is -2.27. The van der Waals surface area contributed by atoms with E-state index in [4.69, 9.17) is 5.73 Å². The van der Waals surface area contributed by atoms with Gasteiger partial charge in [0.1, 0.15) is 0 Å². The molecular formula is C21H28N2. The van der Waals surface area contributed by atoms with Crippen molar-refractivity contribution in [1.82, 2.24) is 5.32 Å². The molecule has 1 aliphatic rings. The van der Waals surface area contributed by atoms with Crippen LogP contribution >= 0.6 is 0 Å². The number of benzene rings is 2. The predicted molar refractivity (Wildman–Crippen MR) is 101 cm³/mol. The fraction of sp³-hybridized carbons (Fsp3) is 0.333. The van der Waals surface area contributed by atoms with Crippen LogP contribution in [0.25, 0.3) is 5.57 Å². The fourth-order valence-electron chi connectivity index (χ4n) is 2.86. The normalized spacial score (nSPS) is 14.7. The Bertz CT molecular complexity index is 598. The number of piperidine rings is 1. The summed E-state index contributed by atoms with van der Waals surface area (Å²) in [5.41, 5.74) is 9.74. The van der Waals surface area contributed by atoms with E-state index in [2.05, 4.69) is 18.8 Å². The van der Waals surface area contributed by atoms with Crippen LogP contribution in [0.3, 0.4) is 0 Å². The predicted octanol–water partition coefficient (Wildman–Crippen LogP) is 4.73. The minimum absolute atomic E-state index is 0.770. The van der Waals surface area contributed by atoms with Crippen molar-refractivity contribution in [3.05, 3.63) is 72.3 Å². The quantitative estimate of drug-likeness (QED) is 0.805. The molecule has 2 nitrogen and oxygen atoms in total. The molecule has 1 aliphatic heterocycles. The summed E-state index contributed by atoms with van der Waals surface area (Å²) in [5, 5.41) is 3.35. The van der Waals surface area contributed by atoms with Gasteiger partial charge >= 0.3 is 0 Å². The molecule has 122 valence electrons. The van der Waals surface area contributed by atoms with Gasteiger partial charge in [0.2, 0.25) is 0 Å². The highest BCUT2D eigenvalue weighted by atomic mass is 14.9. The molecule has 0 aromatic heterocycles. The van der Waals surface area contributed by atoms with E-state index >= 15 is 0 Å². The van der Waals surface area contributed by atoms with Crippen LogP contribution in [0.2, 0.25) is 0 Å². The van der Waals surface area contributed by atoms with Crippen LogP contribution < -0.4 is 11.1 Å². The second kappa shape index (κ2) is 9.16. The molecule has 1 saturated heterocycles. The molecule has 0 unspecified atom stereocenters. The molecule has 0 radical (unpaired) electrons. The molecule has 0 aliphatic carbocycles. The van der Waals surface area contributed by atoms with Gasteiger partial charge in [-0.3, -0.25) is 0 Å². The molecule has 0 bridgehead atoms.